The van der Waals surface area contributed by atoms with Crippen LogP contribution in [0.25, 0.3) is 31.8 Å². The minimum atomic E-state index is -0.0693. The number of nitrogens with zero attached hydrogens (tertiary/aromatic N) is 3. The lowest BCUT2D eigenvalue weighted by atomic mass is 9.97. The van der Waals surface area contributed by atoms with Crippen molar-refractivity contribution in [2.24, 2.45) is 5.10 Å². The van der Waals surface area contributed by atoms with Crippen LogP contribution >= 0.6 is 11.3 Å². The van der Waals surface area contributed by atoms with Crippen LogP contribution in [0, 0.1) is 0 Å². The minimum absolute atomic E-state index is 0.0693. The first-order valence-electron chi connectivity index (χ1n) is 10.3. The van der Waals surface area contributed by atoms with E-state index in [4.69, 9.17) is 0 Å². The van der Waals surface area contributed by atoms with E-state index in [0.717, 1.165) is 56.6 Å². The zero-order valence-corrected chi connectivity index (χ0v) is 17.2. The third kappa shape index (κ3) is 2.70. The summed E-state index contributed by atoms with van der Waals surface area (Å²) in [6, 6.07) is 18.8. The Morgan fingerprint density at radius 3 is 2.43 bits per heavy atom. The Morgan fingerprint density at radius 2 is 1.67 bits per heavy atom. The van der Waals surface area contributed by atoms with Gasteiger partial charge in [-0.25, -0.2) is 4.98 Å². The van der Waals surface area contributed by atoms with Gasteiger partial charge in [0.25, 0.3) is 5.56 Å². The minimum Gasteiger partial charge on any atom is -0.267 e. The van der Waals surface area contributed by atoms with Crippen molar-refractivity contribution in [1.82, 2.24) is 9.66 Å². The van der Waals surface area contributed by atoms with Gasteiger partial charge in [0, 0.05) is 10.4 Å². The number of aryl methyl sites for hydroxylation is 2. The molecule has 5 heteroatoms. The second-order valence-corrected chi connectivity index (χ2v) is 8.85. The molecule has 0 N–H and O–H groups in total. The van der Waals surface area contributed by atoms with Crippen molar-refractivity contribution in [3.05, 3.63) is 87.3 Å². The van der Waals surface area contributed by atoms with Gasteiger partial charge in [-0.2, -0.15) is 9.78 Å². The summed E-state index contributed by atoms with van der Waals surface area (Å²) in [7, 11) is 0. The maximum atomic E-state index is 13.2. The number of thiophene rings is 1. The van der Waals surface area contributed by atoms with Crippen LogP contribution in [0.5, 0.6) is 0 Å². The van der Waals surface area contributed by atoms with Crippen molar-refractivity contribution < 1.29 is 0 Å². The van der Waals surface area contributed by atoms with Crippen LogP contribution < -0.4 is 5.56 Å². The molecule has 0 radical (unpaired) electrons. The average molecular weight is 410 g/mol. The van der Waals surface area contributed by atoms with Gasteiger partial charge in [-0.1, -0.05) is 48.5 Å². The van der Waals surface area contributed by atoms with Gasteiger partial charge in [-0.3, -0.25) is 4.79 Å². The van der Waals surface area contributed by atoms with Gasteiger partial charge in [0.05, 0.1) is 11.6 Å². The highest BCUT2D eigenvalue weighted by Gasteiger charge is 2.19. The Labute approximate surface area is 177 Å². The quantitative estimate of drug-likeness (QED) is 0.284. The fourth-order valence-corrected chi connectivity index (χ4v) is 5.75. The van der Waals surface area contributed by atoms with Gasteiger partial charge in [-0.05, 0) is 58.9 Å². The molecule has 0 unspecified atom stereocenters. The lowest BCUT2D eigenvalue weighted by molar-refractivity contribution is 0.699. The van der Waals surface area contributed by atoms with Gasteiger partial charge in [0.1, 0.15) is 11.2 Å². The van der Waals surface area contributed by atoms with Crippen LogP contribution in [0.1, 0.15) is 28.8 Å². The van der Waals surface area contributed by atoms with Crippen LogP contribution in [0.3, 0.4) is 0 Å². The predicted molar refractivity (Wildman–Crippen MR) is 125 cm³/mol. The van der Waals surface area contributed by atoms with Crippen LogP contribution in [0.15, 0.2) is 70.8 Å². The van der Waals surface area contributed by atoms with Crippen molar-refractivity contribution in [1.29, 1.82) is 0 Å². The number of fused-ring (bicyclic) bond motifs is 5. The summed E-state index contributed by atoms with van der Waals surface area (Å²) in [5.41, 5.74) is 2.14. The van der Waals surface area contributed by atoms with E-state index >= 15 is 0 Å². The van der Waals surface area contributed by atoms with Crippen molar-refractivity contribution in [2.75, 3.05) is 0 Å². The lowest BCUT2D eigenvalue weighted by Crippen LogP contribution is -2.18. The van der Waals surface area contributed by atoms with Crippen molar-refractivity contribution in [3.63, 3.8) is 0 Å². The highest BCUT2D eigenvalue weighted by molar-refractivity contribution is 7.18. The van der Waals surface area contributed by atoms with Gasteiger partial charge >= 0.3 is 0 Å². The summed E-state index contributed by atoms with van der Waals surface area (Å²) in [6.07, 6.45) is 7.71. The first-order chi connectivity index (χ1) is 14.8. The Kier molecular flexibility index (Phi) is 4.03. The molecule has 2 aromatic heterocycles. The number of aromatic nitrogens is 2. The topological polar surface area (TPSA) is 47.2 Å². The third-order valence-electron chi connectivity index (χ3n) is 5.98. The Balaban J connectivity index is 1.55. The number of rotatable bonds is 2. The highest BCUT2D eigenvalue weighted by Crippen LogP contribution is 2.33. The first-order valence-corrected chi connectivity index (χ1v) is 11.1. The molecule has 4 nitrogen and oxygen atoms in total. The molecule has 6 rings (SSSR count). The maximum Gasteiger partial charge on any atom is 0.282 e. The smallest absolute Gasteiger partial charge is 0.267 e. The number of hydrogen-bond donors (Lipinski definition) is 0. The highest BCUT2D eigenvalue weighted by atomic mass is 32.1. The summed E-state index contributed by atoms with van der Waals surface area (Å²) < 4.78 is 1.39. The molecule has 0 amide bonds. The summed E-state index contributed by atoms with van der Waals surface area (Å²) in [4.78, 5) is 19.9. The Morgan fingerprint density at radius 1 is 0.967 bits per heavy atom. The normalized spacial score (nSPS) is 14.1. The fourth-order valence-electron chi connectivity index (χ4n) is 4.53. The van der Waals surface area contributed by atoms with E-state index in [2.05, 4.69) is 40.4 Å². The molecule has 3 aromatic carbocycles. The zero-order valence-electron chi connectivity index (χ0n) is 16.3. The second kappa shape index (κ2) is 6.89. The van der Waals surface area contributed by atoms with Crippen molar-refractivity contribution >= 4 is 49.3 Å². The molecule has 0 saturated heterocycles. The van der Waals surface area contributed by atoms with Crippen LogP contribution in [-0.4, -0.2) is 15.9 Å². The van der Waals surface area contributed by atoms with E-state index in [1.807, 2.05) is 24.3 Å². The molecular weight excluding hydrogens is 390 g/mol. The van der Waals surface area contributed by atoms with Gasteiger partial charge in [0.15, 0.2) is 0 Å². The average Bonchev–Trinajstić information content (AvgIpc) is 3.17. The Bertz CT molecular complexity index is 1470. The van der Waals surface area contributed by atoms with Crippen LogP contribution in [0.4, 0.5) is 0 Å². The Hall–Kier alpha value is -3.31. The van der Waals surface area contributed by atoms with Gasteiger partial charge in [0.2, 0.25) is 0 Å². The molecular formula is C25H19N3OS. The predicted octanol–water partition coefficient (Wildman–Crippen LogP) is 5.53. The zero-order chi connectivity index (χ0) is 20.1. The summed E-state index contributed by atoms with van der Waals surface area (Å²) in [5.74, 6) is 0. The summed E-state index contributed by atoms with van der Waals surface area (Å²) in [5, 5.41) is 9.89. The third-order valence-corrected chi connectivity index (χ3v) is 7.18. The molecule has 5 aromatic rings. The molecule has 146 valence electrons. The molecule has 0 fully saturated rings. The van der Waals surface area contributed by atoms with Crippen molar-refractivity contribution in [2.45, 2.75) is 25.7 Å². The molecule has 0 atom stereocenters. The summed E-state index contributed by atoms with van der Waals surface area (Å²) >= 11 is 1.66. The van der Waals surface area contributed by atoms with E-state index < -0.39 is 0 Å². The van der Waals surface area contributed by atoms with E-state index in [0.29, 0.717) is 0 Å². The SMILES string of the molecule is O=c1c2c3c(sc2ncn1N=Cc1c2ccccc2cc2ccccc12)CCCC3. The van der Waals surface area contributed by atoms with Crippen LogP contribution in [-0.2, 0) is 12.8 Å². The number of hydrogen-bond acceptors (Lipinski definition) is 4. The molecule has 2 heterocycles. The molecule has 1 aliphatic rings. The lowest BCUT2D eigenvalue weighted by Gasteiger charge is -2.10. The maximum absolute atomic E-state index is 13.2. The van der Waals surface area contributed by atoms with E-state index in [9.17, 15) is 4.79 Å². The molecule has 0 aliphatic heterocycles. The van der Waals surface area contributed by atoms with E-state index in [-0.39, 0.29) is 5.56 Å². The van der Waals surface area contributed by atoms with Crippen molar-refractivity contribution in [3.8, 4) is 0 Å². The monoisotopic (exact) mass is 409 g/mol. The molecule has 1 aliphatic carbocycles. The second-order valence-electron chi connectivity index (χ2n) is 7.76. The molecule has 0 bridgehead atoms. The van der Waals surface area contributed by atoms with E-state index in [1.165, 1.54) is 21.5 Å². The summed E-state index contributed by atoms with van der Waals surface area (Å²) in [6.45, 7) is 0. The fraction of sp³-hybridized carbons (Fsp3) is 0.160. The van der Waals surface area contributed by atoms with Crippen LogP contribution in [0.2, 0.25) is 0 Å². The molecule has 0 spiro atoms. The first kappa shape index (κ1) is 17.5. The standard InChI is InChI=1S/C25H19N3OS/c29-25-23-20-11-5-6-12-22(20)30-24(23)26-15-28(25)27-14-21-18-9-3-1-7-16(18)13-17-8-2-4-10-19(17)21/h1-4,7-10,13-15H,5-6,11-12H2. The van der Waals surface area contributed by atoms with E-state index in [1.54, 1.807) is 23.9 Å². The molecule has 30 heavy (non-hydrogen) atoms. The van der Waals surface area contributed by atoms with Gasteiger partial charge in [-0.15, -0.1) is 11.3 Å². The van der Waals surface area contributed by atoms with Gasteiger partial charge < -0.3 is 0 Å². The number of benzene rings is 3. The molecule has 0 saturated carbocycles. The largest absolute Gasteiger partial charge is 0.282 e.